The molecule has 0 aromatic rings. The molecule has 5 rings (SSSR count). The summed E-state index contributed by atoms with van der Waals surface area (Å²) in [5, 5.41) is 11.5. The molecule has 1 heterocycles. The Balaban J connectivity index is 1.61. The van der Waals surface area contributed by atoms with Gasteiger partial charge in [0.25, 0.3) is 0 Å². The molecule has 1 saturated heterocycles. The molecule has 4 fully saturated rings. The Morgan fingerprint density at radius 1 is 1.17 bits per heavy atom. The average Bonchev–Trinajstić information content (AvgIpc) is 3.24. The highest BCUT2D eigenvalue weighted by atomic mass is 16.6. The summed E-state index contributed by atoms with van der Waals surface area (Å²) in [7, 11) is 1.43. The van der Waals surface area contributed by atoms with Crippen LogP contribution in [0.3, 0.4) is 0 Å². The number of rotatable bonds is 1. The average molecular weight is 417 g/mol. The lowest BCUT2D eigenvalue weighted by Gasteiger charge is -2.62. The van der Waals surface area contributed by atoms with E-state index in [2.05, 4.69) is 13.8 Å². The van der Waals surface area contributed by atoms with Gasteiger partial charge in [0.15, 0.2) is 5.78 Å². The van der Waals surface area contributed by atoms with Gasteiger partial charge in [0.05, 0.1) is 19.1 Å². The van der Waals surface area contributed by atoms with Crippen LogP contribution < -0.4 is 0 Å². The molecule has 5 aliphatic rings. The number of hydrogen-bond acceptors (Lipinski definition) is 6. The maximum Gasteiger partial charge on any atom is 0.309 e. The number of ketones is 1. The van der Waals surface area contributed by atoms with Crippen molar-refractivity contribution in [1.29, 1.82) is 0 Å². The van der Waals surface area contributed by atoms with Crippen molar-refractivity contribution in [2.75, 3.05) is 7.11 Å². The second-order valence-electron chi connectivity index (χ2n) is 10.7. The van der Waals surface area contributed by atoms with Gasteiger partial charge in [-0.15, -0.1) is 0 Å². The predicted octanol–water partition coefficient (Wildman–Crippen LogP) is 2.96. The van der Waals surface area contributed by atoms with Crippen LogP contribution in [0.5, 0.6) is 0 Å². The number of methoxy groups -OCH3 is 1. The number of allylic oxidation sites excluding steroid dienone is 1. The lowest BCUT2D eigenvalue weighted by atomic mass is 9.43. The van der Waals surface area contributed by atoms with Crippen LogP contribution in [0, 0.1) is 34.5 Å². The fourth-order valence-corrected chi connectivity index (χ4v) is 8.24. The minimum absolute atomic E-state index is 0.0554. The third kappa shape index (κ3) is 2.37. The second-order valence-corrected chi connectivity index (χ2v) is 10.7. The van der Waals surface area contributed by atoms with E-state index in [4.69, 9.17) is 9.47 Å². The number of ether oxygens (including phenoxy) is 2. The zero-order valence-corrected chi connectivity index (χ0v) is 18.1. The molecule has 0 unspecified atom stereocenters. The lowest BCUT2D eigenvalue weighted by Crippen LogP contribution is -2.63. The van der Waals surface area contributed by atoms with Gasteiger partial charge in [0.2, 0.25) is 0 Å². The Hall–Kier alpha value is -1.69. The molecule has 4 aliphatic carbocycles. The molecular weight excluding hydrogens is 384 g/mol. The molecule has 3 saturated carbocycles. The highest BCUT2D eigenvalue weighted by Crippen LogP contribution is 2.70. The lowest BCUT2D eigenvalue weighted by molar-refractivity contribution is -0.207. The summed E-state index contributed by atoms with van der Waals surface area (Å²) in [6.45, 7) is 4.29. The van der Waals surface area contributed by atoms with Crippen molar-refractivity contribution < 1.29 is 29.0 Å². The van der Waals surface area contributed by atoms with E-state index in [1.54, 1.807) is 6.08 Å². The van der Waals surface area contributed by atoms with Crippen molar-refractivity contribution in [1.82, 2.24) is 0 Å². The summed E-state index contributed by atoms with van der Waals surface area (Å²) < 4.78 is 11.2. The highest BCUT2D eigenvalue weighted by molar-refractivity contribution is 5.92. The molecule has 1 N–H and O–H groups in total. The van der Waals surface area contributed by atoms with Crippen LogP contribution in [0.4, 0.5) is 0 Å². The standard InChI is InChI=1S/C24H32O6/c1-22-7-4-14(25)10-13(22)11-15(21(28)29-3)20-16-5-8-24(9-6-19(27)30-24)23(16,2)18(26)12-17(20)22/h10,15-18,20,26H,4-9,11-12H2,1-3H3/t15-,16+,17+,18-,20+,22+,23-,24-/m1/s1. The molecule has 0 radical (unpaired) electrons. The third-order valence-corrected chi connectivity index (χ3v) is 9.94. The van der Waals surface area contributed by atoms with E-state index in [0.29, 0.717) is 32.1 Å². The predicted molar refractivity (Wildman–Crippen MR) is 107 cm³/mol. The van der Waals surface area contributed by atoms with Crippen molar-refractivity contribution in [2.24, 2.45) is 34.5 Å². The van der Waals surface area contributed by atoms with E-state index in [-0.39, 0.29) is 46.8 Å². The second kappa shape index (κ2) is 6.41. The first-order chi connectivity index (χ1) is 14.2. The summed E-state index contributed by atoms with van der Waals surface area (Å²) in [5.41, 5.74) is -0.326. The molecule has 1 spiro atoms. The van der Waals surface area contributed by atoms with Crippen LogP contribution in [-0.2, 0) is 23.9 Å². The Kier molecular flexibility index (Phi) is 4.32. The van der Waals surface area contributed by atoms with Gasteiger partial charge in [0, 0.05) is 18.3 Å². The molecule has 1 aliphatic heterocycles. The molecule has 6 heteroatoms. The van der Waals surface area contributed by atoms with Gasteiger partial charge < -0.3 is 14.6 Å². The van der Waals surface area contributed by atoms with E-state index in [9.17, 15) is 19.5 Å². The SMILES string of the molecule is COC(=O)[C@@H]1CC2=CC(=O)CC[C@]2(C)[C@H]2C[C@@H](O)[C@@]3(C)[C@@H](CC[C@@]34CCC(=O)O4)[C@H]12. The van der Waals surface area contributed by atoms with E-state index >= 15 is 0 Å². The Morgan fingerprint density at radius 2 is 1.93 bits per heavy atom. The van der Waals surface area contributed by atoms with Crippen LogP contribution >= 0.6 is 0 Å². The normalized spacial score (nSPS) is 49.7. The number of aliphatic hydroxyl groups excluding tert-OH is 1. The fourth-order valence-electron chi connectivity index (χ4n) is 8.24. The topological polar surface area (TPSA) is 89.9 Å². The summed E-state index contributed by atoms with van der Waals surface area (Å²) in [6, 6.07) is 0. The molecule has 0 aromatic carbocycles. The maximum absolute atomic E-state index is 12.9. The first-order valence-corrected chi connectivity index (χ1v) is 11.4. The Labute approximate surface area is 177 Å². The molecule has 0 bridgehead atoms. The number of hydrogen-bond donors (Lipinski definition) is 1. The van der Waals surface area contributed by atoms with Crippen LogP contribution in [0.15, 0.2) is 11.6 Å². The van der Waals surface area contributed by atoms with Crippen LogP contribution in [0.2, 0.25) is 0 Å². The third-order valence-electron chi connectivity index (χ3n) is 9.94. The highest BCUT2D eigenvalue weighted by Gasteiger charge is 2.72. The van der Waals surface area contributed by atoms with E-state index in [0.717, 1.165) is 24.8 Å². The molecule has 0 aromatic heterocycles. The van der Waals surface area contributed by atoms with Crippen LogP contribution in [0.1, 0.15) is 65.2 Å². The summed E-state index contributed by atoms with van der Waals surface area (Å²) >= 11 is 0. The van der Waals surface area contributed by atoms with E-state index < -0.39 is 17.1 Å². The minimum atomic E-state index is -0.626. The van der Waals surface area contributed by atoms with Crippen molar-refractivity contribution in [3.8, 4) is 0 Å². The summed E-state index contributed by atoms with van der Waals surface area (Å²) in [5.74, 6) is -0.360. The van der Waals surface area contributed by atoms with Gasteiger partial charge in [-0.3, -0.25) is 14.4 Å². The van der Waals surface area contributed by atoms with Crippen LogP contribution in [-0.4, -0.2) is 41.6 Å². The number of esters is 2. The fraction of sp³-hybridized carbons (Fsp3) is 0.792. The molecular formula is C24H32O6. The largest absolute Gasteiger partial charge is 0.469 e. The van der Waals surface area contributed by atoms with Gasteiger partial charge >= 0.3 is 11.9 Å². The minimum Gasteiger partial charge on any atom is -0.469 e. The molecule has 30 heavy (non-hydrogen) atoms. The van der Waals surface area contributed by atoms with E-state index in [1.807, 2.05) is 0 Å². The van der Waals surface area contributed by atoms with Crippen molar-refractivity contribution in [2.45, 2.75) is 76.9 Å². The summed E-state index contributed by atoms with van der Waals surface area (Å²) in [4.78, 5) is 37.2. The Bertz CT molecular complexity index is 847. The Morgan fingerprint density at radius 3 is 2.60 bits per heavy atom. The smallest absolute Gasteiger partial charge is 0.309 e. The number of fused-ring (bicyclic) bond motifs is 6. The van der Waals surface area contributed by atoms with Gasteiger partial charge in [0.1, 0.15) is 5.60 Å². The van der Waals surface area contributed by atoms with Gasteiger partial charge in [-0.05, 0) is 67.8 Å². The zero-order valence-electron chi connectivity index (χ0n) is 18.1. The number of aliphatic hydroxyl groups is 1. The first kappa shape index (κ1) is 20.2. The van der Waals surface area contributed by atoms with Crippen molar-refractivity contribution in [3.05, 3.63) is 11.6 Å². The van der Waals surface area contributed by atoms with Crippen molar-refractivity contribution >= 4 is 17.7 Å². The summed E-state index contributed by atoms with van der Waals surface area (Å²) in [6.07, 6.45) is 6.17. The first-order valence-electron chi connectivity index (χ1n) is 11.4. The quantitative estimate of drug-likeness (QED) is 0.661. The molecule has 8 atom stereocenters. The number of carbonyl (C=O) groups is 3. The monoisotopic (exact) mass is 416 g/mol. The van der Waals surface area contributed by atoms with Gasteiger partial charge in [-0.25, -0.2) is 0 Å². The molecule has 6 nitrogen and oxygen atoms in total. The van der Waals surface area contributed by atoms with Gasteiger partial charge in [-0.1, -0.05) is 19.4 Å². The van der Waals surface area contributed by atoms with Gasteiger partial charge in [-0.2, -0.15) is 0 Å². The maximum atomic E-state index is 12.9. The van der Waals surface area contributed by atoms with Crippen LogP contribution in [0.25, 0.3) is 0 Å². The molecule has 164 valence electrons. The number of carbonyl (C=O) groups excluding carboxylic acids is 3. The molecule has 0 amide bonds. The zero-order chi connectivity index (χ0) is 21.5. The van der Waals surface area contributed by atoms with Crippen molar-refractivity contribution in [3.63, 3.8) is 0 Å². The van der Waals surface area contributed by atoms with E-state index in [1.165, 1.54) is 7.11 Å².